The number of nitrogens with one attached hydrogen (secondary N) is 2. The zero-order valence-corrected chi connectivity index (χ0v) is 11.1. The van der Waals surface area contributed by atoms with Crippen LogP contribution in [0, 0.1) is 11.6 Å². The number of urea groups is 1. The van der Waals surface area contributed by atoms with Crippen LogP contribution in [0.4, 0.5) is 19.3 Å². The Morgan fingerprint density at radius 1 is 1.10 bits per heavy atom. The van der Waals surface area contributed by atoms with Crippen molar-refractivity contribution in [3.05, 3.63) is 65.2 Å². The fourth-order valence-electron chi connectivity index (χ4n) is 1.72. The lowest BCUT2D eigenvalue weighted by atomic mass is 10.1. The van der Waals surface area contributed by atoms with E-state index in [0.717, 1.165) is 0 Å². The van der Waals surface area contributed by atoms with Crippen molar-refractivity contribution in [1.29, 1.82) is 0 Å². The molecular weight excluding hydrogens is 278 g/mol. The number of aliphatic hydroxyl groups excluding tert-OH is 1. The number of aliphatic hydroxyl groups is 1. The van der Waals surface area contributed by atoms with Gasteiger partial charge in [-0.15, -0.1) is 0 Å². The van der Waals surface area contributed by atoms with E-state index in [2.05, 4.69) is 10.6 Å². The summed E-state index contributed by atoms with van der Waals surface area (Å²) in [7, 11) is 0. The largest absolute Gasteiger partial charge is 0.392 e. The van der Waals surface area contributed by atoms with Gasteiger partial charge in [0.2, 0.25) is 0 Å². The van der Waals surface area contributed by atoms with Gasteiger partial charge < -0.3 is 15.7 Å². The highest BCUT2D eigenvalue weighted by Crippen LogP contribution is 2.11. The summed E-state index contributed by atoms with van der Waals surface area (Å²) in [6.07, 6.45) is 0. The predicted octanol–water partition coefficient (Wildman–Crippen LogP) is 2.78. The van der Waals surface area contributed by atoms with Crippen molar-refractivity contribution in [1.82, 2.24) is 5.32 Å². The number of carbonyl (C=O) groups excluding carboxylic acids is 1. The van der Waals surface area contributed by atoms with E-state index in [1.807, 2.05) is 0 Å². The van der Waals surface area contributed by atoms with Crippen LogP contribution in [0.2, 0.25) is 0 Å². The molecule has 110 valence electrons. The highest BCUT2D eigenvalue weighted by atomic mass is 19.1. The summed E-state index contributed by atoms with van der Waals surface area (Å²) in [4.78, 5) is 11.6. The zero-order chi connectivity index (χ0) is 15.2. The molecule has 0 fully saturated rings. The molecule has 4 nitrogen and oxygen atoms in total. The highest BCUT2D eigenvalue weighted by molar-refractivity contribution is 5.89. The van der Waals surface area contributed by atoms with Crippen LogP contribution in [0.5, 0.6) is 0 Å². The van der Waals surface area contributed by atoms with Crippen LogP contribution in [0.3, 0.4) is 0 Å². The lowest BCUT2D eigenvalue weighted by Crippen LogP contribution is -2.28. The maximum Gasteiger partial charge on any atom is 0.319 e. The first kappa shape index (κ1) is 14.9. The maximum absolute atomic E-state index is 13.4. The molecule has 2 aromatic carbocycles. The molecule has 2 amide bonds. The van der Waals surface area contributed by atoms with E-state index in [-0.39, 0.29) is 24.5 Å². The third-order valence-electron chi connectivity index (χ3n) is 2.84. The molecule has 0 aliphatic rings. The van der Waals surface area contributed by atoms with Crippen molar-refractivity contribution >= 4 is 11.7 Å². The van der Waals surface area contributed by atoms with Crippen LogP contribution in [-0.4, -0.2) is 11.1 Å². The maximum atomic E-state index is 13.4. The molecule has 0 aliphatic heterocycles. The van der Waals surface area contributed by atoms with Gasteiger partial charge in [-0.3, -0.25) is 0 Å². The number of halogens is 2. The summed E-state index contributed by atoms with van der Waals surface area (Å²) in [5, 5.41) is 13.9. The van der Waals surface area contributed by atoms with E-state index >= 15 is 0 Å². The van der Waals surface area contributed by atoms with Gasteiger partial charge in [-0.05, 0) is 35.9 Å². The summed E-state index contributed by atoms with van der Waals surface area (Å²) >= 11 is 0. The van der Waals surface area contributed by atoms with Gasteiger partial charge in [-0.1, -0.05) is 12.1 Å². The minimum absolute atomic E-state index is 0.135. The molecule has 3 N–H and O–H groups in total. The Bertz CT molecular complexity index is 630. The molecule has 0 aliphatic carbocycles. The molecule has 2 rings (SSSR count). The summed E-state index contributed by atoms with van der Waals surface area (Å²) in [6, 6.07) is 9.20. The summed E-state index contributed by atoms with van der Waals surface area (Å²) < 4.78 is 26.1. The van der Waals surface area contributed by atoms with E-state index in [1.165, 1.54) is 36.4 Å². The second kappa shape index (κ2) is 6.81. The summed E-state index contributed by atoms with van der Waals surface area (Å²) in [5.41, 5.74) is 1.23. The molecule has 0 saturated heterocycles. The predicted molar refractivity (Wildman–Crippen MR) is 74.6 cm³/mol. The van der Waals surface area contributed by atoms with E-state index in [4.69, 9.17) is 5.11 Å². The van der Waals surface area contributed by atoms with E-state index in [9.17, 15) is 13.6 Å². The molecule has 0 spiro atoms. The molecular formula is C15H14F2N2O2. The second-order valence-corrected chi connectivity index (χ2v) is 4.40. The molecule has 21 heavy (non-hydrogen) atoms. The van der Waals surface area contributed by atoms with Crippen LogP contribution in [0.1, 0.15) is 11.1 Å². The second-order valence-electron chi connectivity index (χ2n) is 4.40. The van der Waals surface area contributed by atoms with Crippen LogP contribution in [0.15, 0.2) is 42.5 Å². The number of amides is 2. The van der Waals surface area contributed by atoms with Crippen molar-refractivity contribution in [2.75, 3.05) is 5.32 Å². The minimum Gasteiger partial charge on any atom is -0.392 e. The Balaban J connectivity index is 1.89. The summed E-state index contributed by atoms with van der Waals surface area (Å²) in [6.45, 7) is -0.236. The van der Waals surface area contributed by atoms with Crippen molar-refractivity contribution in [3.63, 3.8) is 0 Å². The number of hydrogen-bond donors (Lipinski definition) is 3. The van der Waals surface area contributed by atoms with Crippen LogP contribution in [-0.2, 0) is 13.2 Å². The molecule has 6 heteroatoms. The molecule has 0 atom stereocenters. The summed E-state index contributed by atoms with van der Waals surface area (Å²) in [5.74, 6) is -0.906. The normalized spacial score (nSPS) is 10.2. The van der Waals surface area contributed by atoms with Crippen molar-refractivity contribution in [2.24, 2.45) is 0 Å². The molecule has 0 heterocycles. The Morgan fingerprint density at radius 2 is 1.81 bits per heavy atom. The quantitative estimate of drug-likeness (QED) is 0.811. The topological polar surface area (TPSA) is 61.4 Å². The fourth-order valence-corrected chi connectivity index (χ4v) is 1.72. The zero-order valence-electron chi connectivity index (χ0n) is 11.1. The Kier molecular flexibility index (Phi) is 4.84. The van der Waals surface area contributed by atoms with Gasteiger partial charge in [0.05, 0.1) is 6.61 Å². The van der Waals surface area contributed by atoms with Gasteiger partial charge >= 0.3 is 6.03 Å². The van der Waals surface area contributed by atoms with E-state index in [1.54, 1.807) is 6.07 Å². The SMILES string of the molecule is O=C(NCc1ccc(CO)c(F)c1)Nc1ccc(F)cc1. The Hall–Kier alpha value is -2.47. The lowest BCUT2D eigenvalue weighted by Gasteiger charge is -2.08. The first-order valence-electron chi connectivity index (χ1n) is 6.27. The first-order valence-corrected chi connectivity index (χ1v) is 6.27. The van der Waals surface area contributed by atoms with Gasteiger partial charge in [0.15, 0.2) is 0 Å². The first-order chi connectivity index (χ1) is 10.1. The smallest absolute Gasteiger partial charge is 0.319 e. The average Bonchev–Trinajstić information content (AvgIpc) is 2.48. The number of rotatable bonds is 4. The number of benzene rings is 2. The molecule has 0 unspecified atom stereocenters. The van der Waals surface area contributed by atoms with E-state index < -0.39 is 11.8 Å². The van der Waals surface area contributed by atoms with Gasteiger partial charge in [-0.2, -0.15) is 0 Å². The van der Waals surface area contributed by atoms with Gasteiger partial charge in [0.1, 0.15) is 11.6 Å². The lowest BCUT2D eigenvalue weighted by molar-refractivity contribution is 0.251. The Morgan fingerprint density at radius 3 is 2.43 bits per heavy atom. The molecule has 0 bridgehead atoms. The van der Waals surface area contributed by atoms with Gasteiger partial charge in [0.25, 0.3) is 0 Å². The van der Waals surface area contributed by atoms with Crippen LogP contribution < -0.4 is 10.6 Å². The monoisotopic (exact) mass is 292 g/mol. The number of carbonyl (C=O) groups is 1. The molecule has 2 aromatic rings. The van der Waals surface area contributed by atoms with Crippen LogP contribution >= 0.6 is 0 Å². The van der Waals surface area contributed by atoms with Gasteiger partial charge in [0, 0.05) is 17.8 Å². The average molecular weight is 292 g/mol. The highest BCUT2D eigenvalue weighted by Gasteiger charge is 2.05. The molecule has 0 saturated carbocycles. The number of hydrogen-bond acceptors (Lipinski definition) is 2. The third-order valence-corrected chi connectivity index (χ3v) is 2.84. The third kappa shape index (κ3) is 4.25. The fraction of sp³-hybridized carbons (Fsp3) is 0.133. The molecule has 0 radical (unpaired) electrons. The standard InChI is InChI=1S/C15H14F2N2O2/c16-12-3-5-13(6-4-12)19-15(21)18-8-10-1-2-11(9-20)14(17)7-10/h1-7,20H,8-9H2,(H2,18,19,21). The Labute approximate surface area is 120 Å². The number of anilines is 1. The van der Waals surface area contributed by atoms with E-state index in [0.29, 0.717) is 11.3 Å². The van der Waals surface area contributed by atoms with Crippen molar-refractivity contribution in [2.45, 2.75) is 13.2 Å². The van der Waals surface area contributed by atoms with Gasteiger partial charge in [-0.25, -0.2) is 13.6 Å². The minimum atomic E-state index is -0.518. The molecule has 0 aromatic heterocycles. The van der Waals surface area contributed by atoms with Crippen molar-refractivity contribution < 1.29 is 18.7 Å². The van der Waals surface area contributed by atoms with Crippen LogP contribution in [0.25, 0.3) is 0 Å². The van der Waals surface area contributed by atoms with Crippen molar-refractivity contribution in [3.8, 4) is 0 Å².